The van der Waals surface area contributed by atoms with Crippen molar-refractivity contribution in [3.8, 4) is 11.3 Å². The zero-order valence-corrected chi connectivity index (χ0v) is 9.54. The molecule has 3 rings (SSSR count). The molecule has 84 valence electrons. The summed E-state index contributed by atoms with van der Waals surface area (Å²) in [4.78, 5) is 0. The Morgan fingerprint density at radius 1 is 0.941 bits per heavy atom. The molecular weight excluding hydrogens is 239 g/mol. The van der Waals surface area contributed by atoms with E-state index in [2.05, 4.69) is 0 Å². The highest BCUT2D eigenvalue weighted by atomic mass is 35.5. The largest absolute Gasteiger partial charge is 0.456 e. The summed E-state index contributed by atoms with van der Waals surface area (Å²) in [7, 11) is 0. The highest BCUT2D eigenvalue weighted by Crippen LogP contribution is 2.28. The minimum atomic E-state index is -0.297. The molecule has 0 aliphatic rings. The fourth-order valence-electron chi connectivity index (χ4n) is 1.76. The van der Waals surface area contributed by atoms with Crippen molar-refractivity contribution in [3.63, 3.8) is 0 Å². The van der Waals surface area contributed by atoms with Crippen molar-refractivity contribution in [1.82, 2.24) is 0 Å². The van der Waals surface area contributed by atoms with Crippen LogP contribution in [0, 0.1) is 5.82 Å². The monoisotopic (exact) mass is 246 g/mol. The Bertz CT molecular complexity index is 670. The molecule has 3 heteroatoms. The molecule has 0 amide bonds. The maximum Gasteiger partial charge on any atom is 0.137 e. The molecule has 0 spiro atoms. The lowest BCUT2D eigenvalue weighted by Gasteiger charge is -1.95. The van der Waals surface area contributed by atoms with Gasteiger partial charge in [-0.05, 0) is 42.5 Å². The zero-order valence-electron chi connectivity index (χ0n) is 8.78. The second-order valence-electron chi connectivity index (χ2n) is 3.80. The molecule has 1 nitrogen and oxygen atoms in total. The van der Waals surface area contributed by atoms with Gasteiger partial charge in [-0.25, -0.2) is 4.39 Å². The topological polar surface area (TPSA) is 13.1 Å². The molecule has 0 bridgehead atoms. The van der Waals surface area contributed by atoms with Gasteiger partial charge in [0.15, 0.2) is 0 Å². The van der Waals surface area contributed by atoms with Crippen LogP contribution in [0.4, 0.5) is 4.39 Å². The van der Waals surface area contributed by atoms with E-state index < -0.39 is 0 Å². The molecule has 0 radical (unpaired) electrons. The van der Waals surface area contributed by atoms with Gasteiger partial charge >= 0.3 is 0 Å². The number of furan rings is 1. The van der Waals surface area contributed by atoms with Crippen LogP contribution in [0.25, 0.3) is 22.3 Å². The van der Waals surface area contributed by atoms with Gasteiger partial charge < -0.3 is 4.42 Å². The van der Waals surface area contributed by atoms with Crippen LogP contribution < -0.4 is 0 Å². The minimum Gasteiger partial charge on any atom is -0.456 e. The zero-order chi connectivity index (χ0) is 11.8. The second kappa shape index (κ2) is 3.90. The Morgan fingerprint density at radius 2 is 1.71 bits per heavy atom. The van der Waals surface area contributed by atoms with Gasteiger partial charge in [0.05, 0.1) is 0 Å². The van der Waals surface area contributed by atoms with Gasteiger partial charge in [-0.1, -0.05) is 11.6 Å². The molecule has 1 heterocycles. The van der Waals surface area contributed by atoms with Crippen molar-refractivity contribution in [1.29, 1.82) is 0 Å². The van der Waals surface area contributed by atoms with Crippen molar-refractivity contribution in [2.24, 2.45) is 0 Å². The summed E-state index contributed by atoms with van der Waals surface area (Å²) in [5.74, 6) is 0.414. The lowest BCUT2D eigenvalue weighted by molar-refractivity contribution is 0.607. The van der Waals surface area contributed by atoms with E-state index in [1.807, 2.05) is 18.2 Å². The van der Waals surface area contributed by atoms with Gasteiger partial charge in [0.2, 0.25) is 0 Å². The van der Waals surface area contributed by atoms with Crippen LogP contribution in [0.3, 0.4) is 0 Å². The summed E-state index contributed by atoms with van der Waals surface area (Å²) in [5, 5.41) is 1.56. The summed E-state index contributed by atoms with van der Waals surface area (Å²) < 4.78 is 18.6. The van der Waals surface area contributed by atoms with Crippen LogP contribution in [-0.2, 0) is 0 Å². The molecule has 0 saturated carbocycles. The smallest absolute Gasteiger partial charge is 0.137 e. The van der Waals surface area contributed by atoms with Crippen molar-refractivity contribution in [2.45, 2.75) is 0 Å². The molecule has 0 aliphatic carbocycles. The third-order valence-corrected chi connectivity index (χ3v) is 2.86. The maximum atomic E-state index is 13.0. The Hall–Kier alpha value is -1.80. The second-order valence-corrected chi connectivity index (χ2v) is 4.24. The van der Waals surface area contributed by atoms with E-state index in [1.54, 1.807) is 18.2 Å². The van der Waals surface area contributed by atoms with E-state index in [4.69, 9.17) is 16.0 Å². The van der Waals surface area contributed by atoms with Crippen LogP contribution in [0.15, 0.2) is 52.9 Å². The lowest BCUT2D eigenvalue weighted by Crippen LogP contribution is -1.71. The highest BCUT2D eigenvalue weighted by Gasteiger charge is 2.06. The first-order valence-corrected chi connectivity index (χ1v) is 5.55. The first kappa shape index (κ1) is 10.4. The third kappa shape index (κ3) is 1.92. The van der Waals surface area contributed by atoms with Crippen LogP contribution in [0.1, 0.15) is 0 Å². The van der Waals surface area contributed by atoms with E-state index in [9.17, 15) is 4.39 Å². The van der Waals surface area contributed by atoms with Crippen molar-refractivity contribution in [2.75, 3.05) is 0 Å². The summed E-state index contributed by atoms with van der Waals surface area (Å²) in [6.07, 6.45) is 0. The Labute approximate surface area is 102 Å². The van der Waals surface area contributed by atoms with E-state index in [-0.39, 0.29) is 5.82 Å². The molecule has 0 fully saturated rings. The molecular formula is C14H8ClFO. The molecule has 2 aromatic carbocycles. The minimum absolute atomic E-state index is 0.297. The molecule has 3 aromatic rings. The van der Waals surface area contributed by atoms with Gasteiger partial charge in [0, 0.05) is 22.0 Å². The fraction of sp³-hybridized carbons (Fsp3) is 0. The highest BCUT2D eigenvalue weighted by molar-refractivity contribution is 6.30. The van der Waals surface area contributed by atoms with Gasteiger partial charge in [-0.15, -0.1) is 0 Å². The molecule has 0 unspecified atom stereocenters. The van der Waals surface area contributed by atoms with Gasteiger partial charge in [0.25, 0.3) is 0 Å². The molecule has 17 heavy (non-hydrogen) atoms. The third-order valence-electron chi connectivity index (χ3n) is 2.61. The van der Waals surface area contributed by atoms with E-state index in [0.717, 1.165) is 10.9 Å². The average Bonchev–Trinajstić information content (AvgIpc) is 2.72. The summed E-state index contributed by atoms with van der Waals surface area (Å²) in [6, 6.07) is 13.7. The first-order valence-electron chi connectivity index (χ1n) is 5.17. The van der Waals surface area contributed by atoms with E-state index >= 15 is 0 Å². The van der Waals surface area contributed by atoms with Crippen LogP contribution in [-0.4, -0.2) is 0 Å². The molecule has 0 aliphatic heterocycles. The number of benzene rings is 2. The lowest BCUT2D eigenvalue weighted by atomic mass is 10.1. The fourth-order valence-corrected chi connectivity index (χ4v) is 1.89. The predicted molar refractivity (Wildman–Crippen MR) is 66.6 cm³/mol. The number of hydrogen-bond acceptors (Lipinski definition) is 1. The summed E-state index contributed by atoms with van der Waals surface area (Å²) in [5.41, 5.74) is 1.47. The van der Waals surface area contributed by atoms with Crippen LogP contribution >= 0.6 is 11.6 Å². The predicted octanol–water partition coefficient (Wildman–Crippen LogP) is 4.89. The summed E-state index contributed by atoms with van der Waals surface area (Å²) >= 11 is 5.82. The van der Waals surface area contributed by atoms with Gasteiger partial charge in [-0.2, -0.15) is 0 Å². The molecule has 0 saturated heterocycles. The van der Waals surface area contributed by atoms with Crippen LogP contribution in [0.2, 0.25) is 5.02 Å². The van der Waals surface area contributed by atoms with Crippen LogP contribution in [0.5, 0.6) is 0 Å². The summed E-state index contributed by atoms with van der Waals surface area (Å²) in [6.45, 7) is 0. The van der Waals surface area contributed by atoms with Gasteiger partial charge in [0.1, 0.15) is 17.2 Å². The normalized spacial score (nSPS) is 10.9. The number of fused-ring (bicyclic) bond motifs is 1. The van der Waals surface area contributed by atoms with Crippen molar-refractivity contribution in [3.05, 3.63) is 59.4 Å². The Balaban J connectivity index is 2.14. The molecule has 1 aromatic heterocycles. The standard InChI is InChI=1S/C14H8ClFO/c15-11-4-1-9(2-5-11)13-7-10-3-6-12(16)8-14(10)17-13/h1-8H. The quantitative estimate of drug-likeness (QED) is 0.596. The SMILES string of the molecule is Fc1ccc2cc(-c3ccc(Cl)cc3)oc2c1. The van der Waals surface area contributed by atoms with Crippen molar-refractivity contribution < 1.29 is 8.81 Å². The Morgan fingerprint density at radius 3 is 2.47 bits per heavy atom. The molecule has 0 N–H and O–H groups in total. The number of hydrogen-bond donors (Lipinski definition) is 0. The first-order chi connectivity index (χ1) is 8.22. The maximum absolute atomic E-state index is 13.0. The van der Waals surface area contributed by atoms with E-state index in [0.29, 0.717) is 16.4 Å². The van der Waals surface area contributed by atoms with Crippen molar-refractivity contribution >= 4 is 22.6 Å². The van der Waals surface area contributed by atoms with Gasteiger partial charge in [-0.3, -0.25) is 0 Å². The average molecular weight is 247 g/mol. The molecule has 0 atom stereocenters. The number of rotatable bonds is 1. The Kier molecular flexibility index (Phi) is 2.37. The number of halogens is 2. The van der Waals surface area contributed by atoms with E-state index in [1.165, 1.54) is 12.1 Å².